The molecule has 0 bridgehead atoms. The van der Waals surface area contributed by atoms with Crippen LogP contribution >= 0.6 is 0 Å². The van der Waals surface area contributed by atoms with Crippen LogP contribution in [0.25, 0.3) is 0 Å². The van der Waals surface area contributed by atoms with Gasteiger partial charge in [0.15, 0.2) is 0 Å². The van der Waals surface area contributed by atoms with Crippen LogP contribution in [0, 0.1) is 0 Å². The van der Waals surface area contributed by atoms with Gasteiger partial charge in [-0.3, -0.25) is 14.4 Å². The van der Waals surface area contributed by atoms with Crippen LogP contribution in [-0.2, 0) is 14.4 Å². The largest absolute Gasteiger partial charge is 0.480 e. The molecular weight excluding hydrogens is 270 g/mol. The molecule has 9 heteroatoms. The van der Waals surface area contributed by atoms with Crippen molar-refractivity contribution in [2.24, 2.45) is 0 Å². The van der Waals surface area contributed by atoms with Gasteiger partial charge < -0.3 is 24.9 Å². The molecule has 3 amide bonds. The van der Waals surface area contributed by atoms with Gasteiger partial charge in [-0.05, 0) is 0 Å². The van der Waals surface area contributed by atoms with Crippen molar-refractivity contribution in [3.63, 3.8) is 0 Å². The van der Waals surface area contributed by atoms with E-state index in [1.54, 1.807) is 4.90 Å². The lowest BCUT2D eigenvalue weighted by molar-refractivity contribution is -0.140. The number of aliphatic carboxylic acids is 2. The summed E-state index contributed by atoms with van der Waals surface area (Å²) in [5.74, 6) is -2.64. The van der Waals surface area contributed by atoms with Crippen LogP contribution in [0.2, 0.25) is 0 Å². The maximum absolute atomic E-state index is 12.1. The molecule has 0 radical (unpaired) electrons. The Labute approximate surface area is 115 Å². The average Bonchev–Trinajstić information content (AvgIpc) is 2.36. The molecule has 1 aliphatic rings. The third-order valence-corrected chi connectivity index (χ3v) is 2.92. The first-order valence-electron chi connectivity index (χ1n) is 6.04. The van der Waals surface area contributed by atoms with Gasteiger partial charge in [0.05, 0.1) is 0 Å². The first-order valence-corrected chi connectivity index (χ1v) is 6.04. The average molecular weight is 287 g/mol. The molecule has 1 saturated heterocycles. The second-order valence-corrected chi connectivity index (χ2v) is 4.42. The zero-order chi connectivity index (χ0) is 15.3. The predicted molar refractivity (Wildman–Crippen MR) is 66.1 cm³/mol. The van der Waals surface area contributed by atoms with E-state index in [1.165, 1.54) is 11.8 Å². The van der Waals surface area contributed by atoms with Gasteiger partial charge in [-0.1, -0.05) is 0 Å². The number of carboxylic acids is 2. The molecule has 0 aliphatic carbocycles. The van der Waals surface area contributed by atoms with Crippen molar-refractivity contribution in [1.29, 1.82) is 0 Å². The van der Waals surface area contributed by atoms with Crippen molar-refractivity contribution in [3.05, 3.63) is 0 Å². The molecule has 0 atom stereocenters. The van der Waals surface area contributed by atoms with E-state index in [4.69, 9.17) is 10.2 Å². The van der Waals surface area contributed by atoms with Crippen molar-refractivity contribution in [3.8, 4) is 0 Å². The lowest BCUT2D eigenvalue weighted by Gasteiger charge is -2.36. The number of nitrogens with zero attached hydrogens (tertiary/aromatic N) is 3. The second-order valence-electron chi connectivity index (χ2n) is 4.42. The minimum Gasteiger partial charge on any atom is -0.480 e. The highest BCUT2D eigenvalue weighted by Crippen LogP contribution is 2.06. The van der Waals surface area contributed by atoms with E-state index < -0.39 is 31.1 Å². The predicted octanol–water partition coefficient (Wildman–Crippen LogP) is -1.26. The molecule has 1 aliphatic heterocycles. The van der Waals surface area contributed by atoms with Crippen molar-refractivity contribution < 1.29 is 29.4 Å². The number of hydrogen-bond acceptors (Lipinski definition) is 4. The fraction of sp³-hybridized carbons (Fsp3) is 0.636. The van der Waals surface area contributed by atoms with Crippen LogP contribution in [-0.4, -0.2) is 88.1 Å². The summed E-state index contributed by atoms with van der Waals surface area (Å²) < 4.78 is 0. The van der Waals surface area contributed by atoms with Crippen LogP contribution in [0.15, 0.2) is 0 Å². The summed E-state index contributed by atoms with van der Waals surface area (Å²) in [6.07, 6.45) is 0. The molecule has 1 fully saturated rings. The maximum atomic E-state index is 12.1. The van der Waals surface area contributed by atoms with Gasteiger partial charge in [-0.2, -0.15) is 0 Å². The molecule has 0 aromatic rings. The Kier molecular flexibility index (Phi) is 5.30. The van der Waals surface area contributed by atoms with Crippen molar-refractivity contribution in [2.75, 3.05) is 39.3 Å². The number of hydrogen-bond donors (Lipinski definition) is 2. The molecule has 1 rings (SSSR count). The lowest BCUT2D eigenvalue weighted by Crippen LogP contribution is -2.55. The molecule has 20 heavy (non-hydrogen) atoms. The van der Waals surface area contributed by atoms with Gasteiger partial charge in [0.2, 0.25) is 5.91 Å². The Hall–Kier alpha value is -2.32. The molecule has 0 aromatic heterocycles. The Morgan fingerprint density at radius 3 is 1.65 bits per heavy atom. The number of carbonyl (C=O) groups excluding carboxylic acids is 2. The third kappa shape index (κ3) is 4.41. The van der Waals surface area contributed by atoms with E-state index in [9.17, 15) is 19.2 Å². The van der Waals surface area contributed by atoms with Crippen LogP contribution in [0.4, 0.5) is 4.79 Å². The zero-order valence-corrected chi connectivity index (χ0v) is 11.1. The molecule has 1 heterocycles. The van der Waals surface area contributed by atoms with E-state index in [0.29, 0.717) is 13.1 Å². The van der Waals surface area contributed by atoms with E-state index in [-0.39, 0.29) is 19.0 Å². The summed E-state index contributed by atoms with van der Waals surface area (Å²) in [7, 11) is 0. The summed E-state index contributed by atoms with van der Waals surface area (Å²) in [4.78, 5) is 48.2. The third-order valence-electron chi connectivity index (χ3n) is 2.92. The topological polar surface area (TPSA) is 118 Å². The molecule has 9 nitrogen and oxygen atoms in total. The smallest absolute Gasteiger partial charge is 0.323 e. The molecule has 2 N–H and O–H groups in total. The summed E-state index contributed by atoms with van der Waals surface area (Å²) in [6.45, 7) is 1.32. The van der Waals surface area contributed by atoms with E-state index in [1.807, 2.05) is 0 Å². The highest BCUT2D eigenvalue weighted by Gasteiger charge is 2.28. The molecule has 112 valence electrons. The van der Waals surface area contributed by atoms with E-state index >= 15 is 0 Å². The highest BCUT2D eigenvalue weighted by atomic mass is 16.4. The monoisotopic (exact) mass is 287 g/mol. The number of amides is 3. The van der Waals surface area contributed by atoms with Gasteiger partial charge in [-0.15, -0.1) is 0 Å². The van der Waals surface area contributed by atoms with Gasteiger partial charge >= 0.3 is 18.0 Å². The van der Waals surface area contributed by atoms with E-state index in [0.717, 1.165) is 4.90 Å². The van der Waals surface area contributed by atoms with Gasteiger partial charge in [0, 0.05) is 33.1 Å². The number of rotatable bonds is 4. The molecular formula is C11H17N3O6. The zero-order valence-electron chi connectivity index (χ0n) is 11.1. The molecule has 0 unspecified atom stereocenters. The molecule has 0 saturated carbocycles. The fourth-order valence-corrected chi connectivity index (χ4v) is 1.93. The first-order chi connectivity index (χ1) is 9.31. The van der Waals surface area contributed by atoms with Crippen molar-refractivity contribution in [1.82, 2.24) is 14.7 Å². The standard InChI is InChI=1S/C11H17N3O6/c1-8(15)12-2-4-13(5-3-12)11(20)14(6-9(16)17)7-10(18)19/h2-7H2,1H3,(H,16,17)(H,18,19). The lowest BCUT2D eigenvalue weighted by atomic mass is 10.3. The van der Waals surface area contributed by atoms with Crippen LogP contribution in [0.1, 0.15) is 6.92 Å². The second kappa shape index (κ2) is 6.73. The fourth-order valence-electron chi connectivity index (χ4n) is 1.93. The summed E-state index contributed by atoms with van der Waals surface area (Å²) >= 11 is 0. The minimum absolute atomic E-state index is 0.0926. The first kappa shape index (κ1) is 15.7. The van der Waals surface area contributed by atoms with Crippen LogP contribution < -0.4 is 0 Å². The van der Waals surface area contributed by atoms with Gasteiger partial charge in [0.1, 0.15) is 13.1 Å². The summed E-state index contributed by atoms with van der Waals surface area (Å²) in [6, 6.07) is -0.641. The SMILES string of the molecule is CC(=O)N1CCN(C(=O)N(CC(=O)O)CC(=O)O)CC1. The number of carboxylic acid groups (broad SMARTS) is 2. The normalized spacial score (nSPS) is 14.8. The van der Waals surface area contributed by atoms with Crippen LogP contribution in [0.5, 0.6) is 0 Å². The quantitative estimate of drug-likeness (QED) is 0.666. The van der Waals surface area contributed by atoms with Gasteiger partial charge in [0.25, 0.3) is 0 Å². The Morgan fingerprint density at radius 2 is 1.30 bits per heavy atom. The van der Waals surface area contributed by atoms with E-state index in [2.05, 4.69) is 0 Å². The Balaban J connectivity index is 2.63. The van der Waals surface area contributed by atoms with Crippen molar-refractivity contribution >= 4 is 23.9 Å². The number of carbonyl (C=O) groups is 4. The summed E-state index contributed by atoms with van der Waals surface area (Å²) in [5.41, 5.74) is 0. The van der Waals surface area contributed by atoms with Crippen molar-refractivity contribution in [2.45, 2.75) is 6.92 Å². The molecule has 0 spiro atoms. The minimum atomic E-state index is -1.28. The van der Waals surface area contributed by atoms with Crippen LogP contribution in [0.3, 0.4) is 0 Å². The maximum Gasteiger partial charge on any atom is 0.323 e. The Bertz CT molecular complexity index is 400. The van der Waals surface area contributed by atoms with Gasteiger partial charge in [-0.25, -0.2) is 4.79 Å². The highest BCUT2D eigenvalue weighted by molar-refractivity contribution is 5.84. The number of urea groups is 1. The summed E-state index contributed by atoms with van der Waals surface area (Å²) in [5, 5.41) is 17.4. The molecule has 0 aromatic carbocycles. The Morgan fingerprint density at radius 1 is 0.900 bits per heavy atom. The number of piperazine rings is 1.